The Hall–Kier alpha value is -4.35. The molecule has 7 N–H and O–H groups in total. The van der Waals surface area contributed by atoms with Crippen molar-refractivity contribution in [1.29, 1.82) is 5.41 Å². The topological polar surface area (TPSA) is 171 Å². The zero-order valence-corrected chi connectivity index (χ0v) is 21.7. The Morgan fingerprint density at radius 2 is 1.66 bits per heavy atom. The summed E-state index contributed by atoms with van der Waals surface area (Å²) in [6.07, 6.45) is 1.61. The summed E-state index contributed by atoms with van der Waals surface area (Å²) in [6.45, 7) is -0.0477. The maximum absolute atomic E-state index is 12.6. The number of amides is 3. The van der Waals surface area contributed by atoms with E-state index in [2.05, 4.69) is 26.3 Å². The van der Waals surface area contributed by atoms with E-state index in [1.807, 2.05) is 0 Å². The number of guanidine groups is 1. The lowest BCUT2D eigenvalue weighted by Crippen LogP contribution is -2.40. The lowest BCUT2D eigenvalue weighted by atomic mass is 10.0. The minimum absolute atomic E-state index is 0.105. The number of methoxy groups -OCH3 is 1. The average Bonchev–Trinajstić information content (AvgIpc) is 2.89. The lowest BCUT2D eigenvalue weighted by Gasteiger charge is -2.12. The molecule has 13 heteroatoms. The van der Waals surface area contributed by atoms with Crippen molar-refractivity contribution < 1.29 is 19.1 Å². The van der Waals surface area contributed by atoms with Crippen LogP contribution in [0.4, 0.5) is 5.69 Å². The van der Waals surface area contributed by atoms with Gasteiger partial charge in [-0.15, -0.1) is 0 Å². The van der Waals surface area contributed by atoms with Gasteiger partial charge in [0.1, 0.15) is 0 Å². The SMILES string of the molecule is COc1ccc(-c2cc(Cl)c(C(=O)NCCNC(=O)CNC(=O)c3cccc(NC(=N)N)c3)c(Cl)c2)cn1. The third-order valence-electron chi connectivity index (χ3n) is 5.09. The van der Waals surface area contributed by atoms with Crippen LogP contribution in [0.3, 0.4) is 0 Å². The predicted octanol–water partition coefficient (Wildman–Crippen LogP) is 2.65. The molecule has 0 saturated heterocycles. The number of ether oxygens (including phenoxy) is 1. The van der Waals surface area contributed by atoms with Gasteiger partial charge in [0.15, 0.2) is 5.96 Å². The normalized spacial score (nSPS) is 10.3. The number of hydrogen-bond donors (Lipinski definition) is 6. The molecule has 1 heterocycles. The molecule has 0 spiro atoms. The Labute approximate surface area is 228 Å². The monoisotopic (exact) mass is 557 g/mol. The van der Waals surface area contributed by atoms with Crippen LogP contribution in [0.25, 0.3) is 11.1 Å². The van der Waals surface area contributed by atoms with Crippen LogP contribution < -0.4 is 31.7 Å². The van der Waals surface area contributed by atoms with Crippen LogP contribution in [0.5, 0.6) is 5.88 Å². The molecule has 198 valence electrons. The molecule has 3 rings (SSSR count). The summed E-state index contributed by atoms with van der Waals surface area (Å²) >= 11 is 12.7. The van der Waals surface area contributed by atoms with Gasteiger partial charge in [-0.25, -0.2) is 4.98 Å². The van der Waals surface area contributed by atoms with Crippen molar-refractivity contribution >= 4 is 52.6 Å². The molecule has 3 amide bonds. The van der Waals surface area contributed by atoms with E-state index in [4.69, 9.17) is 39.1 Å². The van der Waals surface area contributed by atoms with Crippen LogP contribution in [-0.2, 0) is 4.79 Å². The fraction of sp³-hybridized carbons (Fsp3) is 0.160. The van der Waals surface area contributed by atoms with Crippen molar-refractivity contribution in [2.24, 2.45) is 5.73 Å². The highest BCUT2D eigenvalue weighted by Gasteiger charge is 2.17. The van der Waals surface area contributed by atoms with E-state index in [0.29, 0.717) is 22.7 Å². The number of rotatable bonds is 10. The van der Waals surface area contributed by atoms with Gasteiger partial charge >= 0.3 is 0 Å². The highest BCUT2D eigenvalue weighted by atomic mass is 35.5. The molecule has 1 aromatic heterocycles. The molecule has 0 saturated carbocycles. The van der Waals surface area contributed by atoms with Gasteiger partial charge in [0.25, 0.3) is 11.8 Å². The summed E-state index contributed by atoms with van der Waals surface area (Å²) in [5, 5.41) is 17.9. The van der Waals surface area contributed by atoms with E-state index < -0.39 is 17.7 Å². The molecule has 0 atom stereocenters. The molecule has 11 nitrogen and oxygen atoms in total. The first-order chi connectivity index (χ1) is 18.2. The third-order valence-corrected chi connectivity index (χ3v) is 5.69. The second kappa shape index (κ2) is 13.3. The van der Waals surface area contributed by atoms with Crippen LogP contribution in [0.1, 0.15) is 20.7 Å². The van der Waals surface area contributed by atoms with Crippen LogP contribution >= 0.6 is 23.2 Å². The molecule has 3 aromatic rings. The number of nitrogens with zero attached hydrogens (tertiary/aromatic N) is 1. The molecule has 0 aliphatic rings. The number of hydrogen-bond acceptors (Lipinski definition) is 6. The minimum atomic E-state index is -0.499. The van der Waals surface area contributed by atoms with E-state index in [1.165, 1.54) is 13.2 Å². The number of carbonyl (C=O) groups excluding carboxylic acids is 3. The summed E-state index contributed by atoms with van der Waals surface area (Å²) in [7, 11) is 1.52. The first-order valence-corrected chi connectivity index (χ1v) is 12.0. The summed E-state index contributed by atoms with van der Waals surface area (Å²) in [5.41, 5.74) is 7.58. The second-order valence-corrected chi connectivity index (χ2v) is 8.63. The average molecular weight is 558 g/mol. The van der Waals surface area contributed by atoms with Crippen LogP contribution in [0.2, 0.25) is 10.0 Å². The first-order valence-electron chi connectivity index (χ1n) is 11.2. The molecular weight excluding hydrogens is 533 g/mol. The van der Waals surface area contributed by atoms with Crippen LogP contribution in [-0.4, -0.2) is 55.4 Å². The predicted molar refractivity (Wildman–Crippen MR) is 146 cm³/mol. The van der Waals surface area contributed by atoms with Crippen LogP contribution in [0.15, 0.2) is 54.7 Å². The van der Waals surface area contributed by atoms with Gasteiger partial charge in [0.2, 0.25) is 11.8 Å². The third kappa shape index (κ3) is 7.82. The Morgan fingerprint density at radius 3 is 2.29 bits per heavy atom. The van der Waals surface area contributed by atoms with E-state index in [-0.39, 0.29) is 41.2 Å². The second-order valence-electron chi connectivity index (χ2n) is 7.81. The molecule has 0 unspecified atom stereocenters. The van der Waals surface area contributed by atoms with Gasteiger partial charge in [0.05, 0.1) is 29.3 Å². The Kier molecular flexibility index (Phi) is 9.85. The molecule has 0 fully saturated rings. The summed E-state index contributed by atoms with van der Waals surface area (Å²) in [4.78, 5) is 41.1. The zero-order valence-electron chi connectivity index (χ0n) is 20.2. The molecule has 2 aromatic carbocycles. The van der Waals surface area contributed by atoms with Gasteiger partial charge in [0, 0.05) is 42.2 Å². The molecule has 0 aliphatic carbocycles. The van der Waals surface area contributed by atoms with Crippen molar-refractivity contribution in [2.75, 3.05) is 32.1 Å². The fourth-order valence-electron chi connectivity index (χ4n) is 3.31. The number of aromatic nitrogens is 1. The standard InChI is InChI=1S/C25H25Cl2N7O4/c1-38-21-6-5-15(12-32-21)16-10-18(26)22(19(27)11-16)24(37)31-8-7-30-20(35)13-33-23(36)14-3-2-4-17(9-14)34-25(28)29/h2-6,9-12H,7-8,13H2,1H3,(H,30,35)(H,31,37)(H,33,36)(H4,28,29,34). The first kappa shape index (κ1) is 28.2. The minimum Gasteiger partial charge on any atom is -0.481 e. The van der Waals surface area contributed by atoms with Gasteiger partial charge < -0.3 is 31.7 Å². The van der Waals surface area contributed by atoms with Crippen molar-refractivity contribution in [2.45, 2.75) is 0 Å². The van der Waals surface area contributed by atoms with Gasteiger partial charge in [-0.1, -0.05) is 29.3 Å². The van der Waals surface area contributed by atoms with E-state index in [9.17, 15) is 14.4 Å². The number of pyridine rings is 1. The lowest BCUT2D eigenvalue weighted by molar-refractivity contribution is -0.120. The van der Waals surface area contributed by atoms with Crippen LogP contribution in [0, 0.1) is 5.41 Å². The van der Waals surface area contributed by atoms with Crippen molar-refractivity contribution in [3.63, 3.8) is 0 Å². The summed E-state index contributed by atoms with van der Waals surface area (Å²) < 4.78 is 5.05. The Balaban J connectivity index is 1.46. The summed E-state index contributed by atoms with van der Waals surface area (Å²) in [5.74, 6) is -1.22. The number of halogens is 2. The van der Waals surface area contributed by atoms with Gasteiger partial charge in [-0.2, -0.15) is 0 Å². The van der Waals surface area contributed by atoms with E-state index in [0.717, 1.165) is 5.56 Å². The van der Waals surface area contributed by atoms with Crippen molar-refractivity contribution in [3.8, 4) is 17.0 Å². The number of nitrogens with one attached hydrogen (secondary N) is 5. The number of benzene rings is 2. The Bertz CT molecular complexity index is 1330. The van der Waals surface area contributed by atoms with Gasteiger partial charge in [-0.3, -0.25) is 19.8 Å². The quantitative estimate of drug-likeness (QED) is 0.126. The maximum Gasteiger partial charge on any atom is 0.254 e. The zero-order chi connectivity index (χ0) is 27.7. The highest BCUT2D eigenvalue weighted by molar-refractivity contribution is 6.40. The number of anilines is 1. The maximum atomic E-state index is 12.6. The van der Waals surface area contributed by atoms with Gasteiger partial charge in [-0.05, 0) is 42.0 Å². The summed E-state index contributed by atoms with van der Waals surface area (Å²) in [6, 6.07) is 13.0. The molecule has 0 aliphatic heterocycles. The largest absolute Gasteiger partial charge is 0.481 e. The van der Waals surface area contributed by atoms with Crippen molar-refractivity contribution in [3.05, 3.63) is 75.9 Å². The Morgan fingerprint density at radius 1 is 0.947 bits per heavy atom. The van der Waals surface area contributed by atoms with E-state index in [1.54, 1.807) is 48.7 Å². The highest BCUT2D eigenvalue weighted by Crippen LogP contribution is 2.32. The number of nitrogens with two attached hydrogens (primary N) is 1. The smallest absolute Gasteiger partial charge is 0.254 e. The number of carbonyl (C=O) groups is 3. The molecule has 0 radical (unpaired) electrons. The molecule has 0 bridgehead atoms. The van der Waals surface area contributed by atoms with E-state index >= 15 is 0 Å². The van der Waals surface area contributed by atoms with Crippen molar-refractivity contribution in [1.82, 2.24) is 20.9 Å². The fourth-order valence-corrected chi connectivity index (χ4v) is 3.97. The molecular formula is C25H25Cl2N7O4. The molecule has 38 heavy (non-hydrogen) atoms.